The molecule has 2 N–H and O–H groups in total. The summed E-state index contributed by atoms with van der Waals surface area (Å²) in [5.41, 5.74) is 0.619. The lowest BCUT2D eigenvalue weighted by molar-refractivity contribution is 0.102. The lowest BCUT2D eigenvalue weighted by atomic mass is 10.2. The fraction of sp³-hybridized carbons (Fsp3) is 0.118. The zero-order valence-corrected chi connectivity index (χ0v) is 15.0. The van der Waals surface area contributed by atoms with E-state index in [0.717, 1.165) is 0 Å². The number of rotatable bonds is 7. The molecule has 132 valence electrons. The number of carbonyl (C=O) groups is 1. The number of sulfonamides is 1. The van der Waals surface area contributed by atoms with Crippen molar-refractivity contribution in [2.45, 2.75) is 4.90 Å². The van der Waals surface area contributed by atoms with E-state index in [1.54, 1.807) is 24.3 Å². The van der Waals surface area contributed by atoms with Gasteiger partial charge in [0.15, 0.2) is 0 Å². The predicted octanol–water partition coefficient (Wildman–Crippen LogP) is 3.07. The Hall–Kier alpha value is -2.35. The van der Waals surface area contributed by atoms with Gasteiger partial charge in [-0.15, -0.1) is 6.58 Å². The monoisotopic (exact) mass is 380 g/mol. The van der Waals surface area contributed by atoms with Crippen molar-refractivity contribution in [2.75, 3.05) is 19.0 Å². The summed E-state index contributed by atoms with van der Waals surface area (Å²) in [6, 6.07) is 10.5. The predicted molar refractivity (Wildman–Crippen MR) is 97.8 cm³/mol. The number of carbonyl (C=O) groups excluding carboxylic acids is 1. The van der Waals surface area contributed by atoms with Crippen molar-refractivity contribution < 1.29 is 17.9 Å². The van der Waals surface area contributed by atoms with Crippen LogP contribution in [0.25, 0.3) is 0 Å². The molecule has 2 aromatic rings. The molecule has 2 rings (SSSR count). The number of ether oxygens (including phenoxy) is 1. The van der Waals surface area contributed by atoms with Crippen LogP contribution in [0.2, 0.25) is 5.02 Å². The number of benzene rings is 2. The van der Waals surface area contributed by atoms with Crippen LogP contribution in [0.1, 0.15) is 10.4 Å². The summed E-state index contributed by atoms with van der Waals surface area (Å²) in [5, 5.41) is 3.16. The van der Waals surface area contributed by atoms with Crippen LogP contribution in [0.15, 0.2) is 60.0 Å². The van der Waals surface area contributed by atoms with Crippen LogP contribution in [-0.2, 0) is 10.0 Å². The van der Waals surface area contributed by atoms with Gasteiger partial charge in [0, 0.05) is 17.1 Å². The van der Waals surface area contributed by atoms with E-state index in [0.29, 0.717) is 16.3 Å². The van der Waals surface area contributed by atoms with Crippen LogP contribution >= 0.6 is 11.6 Å². The van der Waals surface area contributed by atoms with E-state index in [9.17, 15) is 13.2 Å². The molecule has 0 fully saturated rings. The molecule has 8 heteroatoms. The SMILES string of the molecule is C=CCNS(=O)(=O)c1ccc(OC)c(NC(=O)c2ccc(Cl)cc2)c1. The summed E-state index contributed by atoms with van der Waals surface area (Å²) >= 11 is 5.80. The lowest BCUT2D eigenvalue weighted by Gasteiger charge is -2.13. The minimum Gasteiger partial charge on any atom is -0.495 e. The first-order chi connectivity index (χ1) is 11.9. The highest BCUT2D eigenvalue weighted by Crippen LogP contribution is 2.28. The molecule has 0 bridgehead atoms. The summed E-state index contributed by atoms with van der Waals surface area (Å²) in [4.78, 5) is 12.3. The Balaban J connectivity index is 2.32. The van der Waals surface area contributed by atoms with Crippen molar-refractivity contribution in [3.05, 3.63) is 65.7 Å². The molecule has 0 aliphatic rings. The normalized spacial score (nSPS) is 11.0. The lowest BCUT2D eigenvalue weighted by Crippen LogP contribution is -2.24. The van der Waals surface area contributed by atoms with E-state index in [-0.39, 0.29) is 17.1 Å². The van der Waals surface area contributed by atoms with Crippen molar-refractivity contribution in [1.82, 2.24) is 4.72 Å². The standard InChI is InChI=1S/C17H17ClN2O4S/c1-3-10-19-25(22,23)14-8-9-16(24-2)15(11-14)20-17(21)12-4-6-13(18)7-5-12/h3-9,11,19H,1,10H2,2H3,(H,20,21). The van der Waals surface area contributed by atoms with E-state index in [1.807, 2.05) is 0 Å². The molecule has 0 saturated carbocycles. The maximum absolute atomic E-state index is 12.3. The van der Waals surface area contributed by atoms with Crippen molar-refractivity contribution in [1.29, 1.82) is 0 Å². The van der Waals surface area contributed by atoms with Crippen LogP contribution in [0.5, 0.6) is 5.75 Å². The average molecular weight is 381 g/mol. The van der Waals surface area contributed by atoms with Crippen LogP contribution in [0.3, 0.4) is 0 Å². The largest absolute Gasteiger partial charge is 0.495 e. The van der Waals surface area contributed by atoms with Crippen molar-refractivity contribution in [3.8, 4) is 5.75 Å². The Labute approximate surface area is 151 Å². The summed E-state index contributed by atoms with van der Waals surface area (Å²) in [7, 11) is -2.29. The molecule has 0 aliphatic heterocycles. The van der Waals surface area contributed by atoms with Crippen molar-refractivity contribution >= 4 is 33.2 Å². The number of halogens is 1. The topological polar surface area (TPSA) is 84.5 Å². The zero-order chi connectivity index (χ0) is 18.4. The molecular weight excluding hydrogens is 364 g/mol. The van der Waals surface area contributed by atoms with E-state index >= 15 is 0 Å². The van der Waals surface area contributed by atoms with Gasteiger partial charge in [-0.1, -0.05) is 17.7 Å². The number of hydrogen-bond acceptors (Lipinski definition) is 4. The average Bonchev–Trinajstić information content (AvgIpc) is 2.60. The molecule has 0 atom stereocenters. The molecule has 2 aromatic carbocycles. The zero-order valence-electron chi connectivity index (χ0n) is 13.5. The highest BCUT2D eigenvalue weighted by atomic mass is 35.5. The fourth-order valence-corrected chi connectivity index (χ4v) is 3.15. The third-order valence-electron chi connectivity index (χ3n) is 3.25. The van der Waals surface area contributed by atoms with Gasteiger partial charge in [0.05, 0.1) is 17.7 Å². The molecule has 0 aromatic heterocycles. The third-order valence-corrected chi connectivity index (χ3v) is 4.93. The highest BCUT2D eigenvalue weighted by Gasteiger charge is 2.17. The van der Waals surface area contributed by atoms with Crippen molar-refractivity contribution in [2.24, 2.45) is 0 Å². The van der Waals surface area contributed by atoms with Gasteiger partial charge >= 0.3 is 0 Å². The smallest absolute Gasteiger partial charge is 0.255 e. The second kappa shape index (κ2) is 8.15. The molecule has 6 nitrogen and oxygen atoms in total. The number of hydrogen-bond donors (Lipinski definition) is 2. The van der Waals surface area contributed by atoms with Crippen LogP contribution in [0, 0.1) is 0 Å². The van der Waals surface area contributed by atoms with Crippen LogP contribution in [-0.4, -0.2) is 28.0 Å². The summed E-state index contributed by atoms with van der Waals surface area (Å²) in [6.07, 6.45) is 1.43. The maximum atomic E-state index is 12.3. The highest BCUT2D eigenvalue weighted by molar-refractivity contribution is 7.89. The molecule has 0 unspecified atom stereocenters. The summed E-state index contributed by atoms with van der Waals surface area (Å²) < 4.78 is 32.0. The van der Waals surface area contributed by atoms with Gasteiger partial charge in [0.1, 0.15) is 5.75 Å². The van der Waals surface area contributed by atoms with E-state index in [4.69, 9.17) is 16.3 Å². The van der Waals surface area contributed by atoms with Crippen LogP contribution in [0.4, 0.5) is 5.69 Å². The third kappa shape index (κ3) is 4.82. The molecule has 25 heavy (non-hydrogen) atoms. The van der Waals surface area contributed by atoms with Gasteiger partial charge in [0.25, 0.3) is 5.91 Å². The van der Waals surface area contributed by atoms with E-state index in [2.05, 4.69) is 16.6 Å². The first-order valence-corrected chi connectivity index (χ1v) is 9.09. The minimum absolute atomic E-state index is 0.00144. The molecule has 1 amide bonds. The van der Waals surface area contributed by atoms with Crippen molar-refractivity contribution in [3.63, 3.8) is 0 Å². The molecule has 0 aliphatic carbocycles. The number of amides is 1. The Bertz CT molecular complexity index is 880. The Morgan fingerprint density at radius 3 is 2.52 bits per heavy atom. The second-order valence-corrected chi connectivity index (χ2v) is 7.17. The number of methoxy groups -OCH3 is 1. The number of anilines is 1. The van der Waals surface area contributed by atoms with Gasteiger partial charge in [-0.2, -0.15) is 0 Å². The van der Waals surface area contributed by atoms with Gasteiger partial charge in [-0.3, -0.25) is 4.79 Å². The van der Waals surface area contributed by atoms with Gasteiger partial charge in [0.2, 0.25) is 10.0 Å². The molecule has 0 spiro atoms. The molecule has 0 saturated heterocycles. The Morgan fingerprint density at radius 2 is 1.92 bits per heavy atom. The molecular formula is C17H17ClN2O4S. The first-order valence-electron chi connectivity index (χ1n) is 7.23. The van der Waals surface area contributed by atoms with Crippen LogP contribution < -0.4 is 14.8 Å². The van der Waals surface area contributed by atoms with E-state index < -0.39 is 15.9 Å². The molecule has 0 heterocycles. The maximum Gasteiger partial charge on any atom is 0.255 e. The quantitative estimate of drug-likeness (QED) is 0.723. The summed E-state index contributed by atoms with van der Waals surface area (Å²) in [5.74, 6) is -0.0754. The number of nitrogens with one attached hydrogen (secondary N) is 2. The first kappa shape index (κ1) is 19.0. The Morgan fingerprint density at radius 1 is 1.24 bits per heavy atom. The second-order valence-electron chi connectivity index (χ2n) is 4.96. The minimum atomic E-state index is -3.72. The summed E-state index contributed by atoms with van der Waals surface area (Å²) in [6.45, 7) is 3.57. The fourth-order valence-electron chi connectivity index (χ4n) is 2.00. The Kier molecular flexibility index (Phi) is 6.19. The van der Waals surface area contributed by atoms with Gasteiger partial charge in [-0.25, -0.2) is 13.1 Å². The van der Waals surface area contributed by atoms with E-state index in [1.165, 1.54) is 31.4 Å². The molecule has 0 radical (unpaired) electrons. The van der Waals surface area contributed by atoms with Gasteiger partial charge < -0.3 is 10.1 Å². The van der Waals surface area contributed by atoms with Gasteiger partial charge in [-0.05, 0) is 42.5 Å².